The fourth-order valence-electron chi connectivity index (χ4n) is 3.34. The highest BCUT2D eigenvalue weighted by Crippen LogP contribution is 2.40. The van der Waals surface area contributed by atoms with E-state index in [1.807, 2.05) is 0 Å². The van der Waals surface area contributed by atoms with Gasteiger partial charge >= 0.3 is 0 Å². The van der Waals surface area contributed by atoms with E-state index in [0.29, 0.717) is 5.69 Å². The molecule has 3 aromatic rings. The molecule has 0 bridgehead atoms. The van der Waals surface area contributed by atoms with Gasteiger partial charge in [0.1, 0.15) is 10.6 Å². The second-order valence-corrected chi connectivity index (χ2v) is 7.83. The van der Waals surface area contributed by atoms with Gasteiger partial charge in [-0.3, -0.25) is 14.1 Å². The Labute approximate surface area is 165 Å². The second-order valence-electron chi connectivity index (χ2n) is 6.44. The zero-order chi connectivity index (χ0) is 20.9. The molecule has 0 unspecified atom stereocenters. The number of carbonyl (C=O) groups excluding carboxylic acids is 2. The maximum Gasteiger partial charge on any atom is 0.296 e. The molecule has 0 radical (unpaired) electrons. The first-order valence-corrected chi connectivity index (χ1v) is 9.81. The number of hydrogen-bond acceptors (Lipinski definition) is 7. The van der Waals surface area contributed by atoms with Crippen molar-refractivity contribution in [2.75, 3.05) is 11.1 Å². The molecule has 29 heavy (non-hydrogen) atoms. The molecule has 0 amide bonds. The van der Waals surface area contributed by atoms with Crippen LogP contribution in [0.5, 0.6) is 5.75 Å². The largest absolute Gasteiger partial charge is 0.508 e. The van der Waals surface area contributed by atoms with Crippen molar-refractivity contribution in [3.8, 4) is 5.75 Å². The average Bonchev–Trinajstić information content (AvgIpc) is 2.66. The monoisotopic (exact) mass is 410 g/mol. The maximum absolute atomic E-state index is 13.1. The minimum absolute atomic E-state index is 0.0414. The average molecular weight is 410 g/mol. The second kappa shape index (κ2) is 6.43. The molecule has 4 rings (SSSR count). The van der Waals surface area contributed by atoms with Crippen molar-refractivity contribution in [1.82, 2.24) is 0 Å². The molecule has 8 nitrogen and oxygen atoms in total. The molecule has 0 fully saturated rings. The number of benzene rings is 3. The molecule has 0 saturated carbocycles. The first kappa shape index (κ1) is 18.7. The molecule has 9 heteroatoms. The number of phenols is 1. The molecule has 0 aliphatic heterocycles. The van der Waals surface area contributed by atoms with E-state index in [1.54, 1.807) is 18.2 Å². The molecule has 1 aliphatic carbocycles. The number of hydrogen-bond donors (Lipinski definition) is 4. The van der Waals surface area contributed by atoms with Crippen LogP contribution in [0.4, 0.5) is 17.1 Å². The summed E-state index contributed by atoms with van der Waals surface area (Å²) >= 11 is 0. The molecular formula is C20H14N2O6S. The van der Waals surface area contributed by atoms with Crippen LogP contribution >= 0.6 is 0 Å². The summed E-state index contributed by atoms with van der Waals surface area (Å²) < 4.78 is 33.3. The summed E-state index contributed by atoms with van der Waals surface area (Å²) in [6.07, 6.45) is 0. The van der Waals surface area contributed by atoms with Crippen LogP contribution in [0.3, 0.4) is 0 Å². The first-order valence-electron chi connectivity index (χ1n) is 8.37. The quantitative estimate of drug-likeness (QED) is 0.298. The van der Waals surface area contributed by atoms with E-state index in [1.165, 1.54) is 30.3 Å². The number of anilines is 3. The summed E-state index contributed by atoms with van der Waals surface area (Å²) in [5.74, 6) is -1.22. The van der Waals surface area contributed by atoms with Crippen molar-refractivity contribution in [3.63, 3.8) is 0 Å². The van der Waals surface area contributed by atoms with E-state index < -0.39 is 32.3 Å². The summed E-state index contributed by atoms with van der Waals surface area (Å²) in [6.45, 7) is 0. The van der Waals surface area contributed by atoms with E-state index in [9.17, 15) is 27.7 Å². The number of aromatic hydroxyl groups is 1. The molecule has 1 aliphatic rings. The zero-order valence-electron chi connectivity index (χ0n) is 14.7. The lowest BCUT2D eigenvalue weighted by Crippen LogP contribution is -2.25. The van der Waals surface area contributed by atoms with Crippen LogP contribution < -0.4 is 11.1 Å². The van der Waals surface area contributed by atoms with Crippen LogP contribution in [0, 0.1) is 0 Å². The van der Waals surface area contributed by atoms with Gasteiger partial charge in [0.2, 0.25) is 0 Å². The Bertz CT molecular complexity index is 1310. The fourth-order valence-corrected chi connectivity index (χ4v) is 3.99. The van der Waals surface area contributed by atoms with Gasteiger partial charge in [0.15, 0.2) is 11.6 Å². The molecule has 3 aromatic carbocycles. The number of nitrogens with one attached hydrogen (secondary N) is 1. The predicted octanol–water partition coefficient (Wildman–Crippen LogP) is 2.74. The standard InChI is InChI=1S/C20H14N2O6S/c21-18-15(29(26,27)28)9-14(22-10-4-3-5-11(23)8-10)16-17(18)20(25)13-7-2-1-6-12(13)19(16)24/h1-9,22-23H,21H2,(H,26,27,28). The Morgan fingerprint density at radius 3 is 2.07 bits per heavy atom. The Kier molecular flexibility index (Phi) is 4.14. The van der Waals surface area contributed by atoms with Crippen molar-refractivity contribution in [2.45, 2.75) is 4.90 Å². The highest BCUT2D eigenvalue weighted by Gasteiger charge is 2.36. The van der Waals surface area contributed by atoms with Gasteiger partial charge in [0, 0.05) is 22.9 Å². The summed E-state index contributed by atoms with van der Waals surface area (Å²) in [7, 11) is -4.79. The fraction of sp³-hybridized carbons (Fsp3) is 0. The lowest BCUT2D eigenvalue weighted by Gasteiger charge is -2.23. The third kappa shape index (κ3) is 3.02. The van der Waals surface area contributed by atoms with E-state index >= 15 is 0 Å². The number of fused-ring (bicyclic) bond motifs is 2. The molecule has 5 N–H and O–H groups in total. The van der Waals surface area contributed by atoms with Gasteiger partial charge in [-0.15, -0.1) is 0 Å². The van der Waals surface area contributed by atoms with Crippen molar-refractivity contribution >= 4 is 38.7 Å². The van der Waals surface area contributed by atoms with Gasteiger partial charge in [0.05, 0.1) is 22.5 Å². The van der Waals surface area contributed by atoms with Gasteiger partial charge in [-0.1, -0.05) is 30.3 Å². The topological polar surface area (TPSA) is 147 Å². The summed E-state index contributed by atoms with van der Waals surface area (Å²) in [4.78, 5) is 25.5. The van der Waals surface area contributed by atoms with Crippen LogP contribution in [0.2, 0.25) is 0 Å². The van der Waals surface area contributed by atoms with Gasteiger partial charge in [-0.25, -0.2) is 0 Å². The molecule has 0 aromatic heterocycles. The Morgan fingerprint density at radius 1 is 0.862 bits per heavy atom. The Balaban J connectivity index is 2.03. The number of ketones is 2. The first-order chi connectivity index (χ1) is 13.7. The highest BCUT2D eigenvalue weighted by atomic mass is 32.2. The highest BCUT2D eigenvalue weighted by molar-refractivity contribution is 7.86. The van der Waals surface area contributed by atoms with Crippen LogP contribution in [0.1, 0.15) is 31.8 Å². The van der Waals surface area contributed by atoms with Crippen molar-refractivity contribution in [1.29, 1.82) is 0 Å². The molecular weight excluding hydrogens is 396 g/mol. The van der Waals surface area contributed by atoms with Crippen LogP contribution in [-0.2, 0) is 10.1 Å². The summed E-state index contributed by atoms with van der Waals surface area (Å²) in [5.41, 5.74) is 5.53. The normalized spacial score (nSPS) is 13.0. The SMILES string of the molecule is Nc1c(S(=O)(=O)O)cc(Nc2cccc(O)c2)c2c1C(=O)c1ccccc1C2=O. The van der Waals surface area contributed by atoms with Crippen LogP contribution in [0.25, 0.3) is 0 Å². The smallest absolute Gasteiger partial charge is 0.296 e. The van der Waals surface area contributed by atoms with Gasteiger partial charge in [-0.2, -0.15) is 8.42 Å². The zero-order valence-corrected chi connectivity index (χ0v) is 15.5. The third-order valence-electron chi connectivity index (χ3n) is 4.60. The molecule has 0 atom stereocenters. The van der Waals surface area contributed by atoms with Crippen LogP contribution in [-0.4, -0.2) is 29.6 Å². The van der Waals surface area contributed by atoms with E-state index in [4.69, 9.17) is 5.73 Å². The predicted molar refractivity (Wildman–Crippen MR) is 105 cm³/mol. The van der Waals surface area contributed by atoms with Gasteiger partial charge in [-0.05, 0) is 18.2 Å². The minimum Gasteiger partial charge on any atom is -0.508 e. The van der Waals surface area contributed by atoms with Crippen LogP contribution in [0.15, 0.2) is 59.5 Å². The van der Waals surface area contributed by atoms with E-state index in [2.05, 4.69) is 5.32 Å². The Morgan fingerprint density at radius 2 is 1.48 bits per heavy atom. The minimum atomic E-state index is -4.79. The van der Waals surface area contributed by atoms with E-state index in [-0.39, 0.29) is 33.7 Å². The third-order valence-corrected chi connectivity index (χ3v) is 5.50. The van der Waals surface area contributed by atoms with Gasteiger partial charge < -0.3 is 16.2 Å². The molecule has 146 valence electrons. The van der Waals surface area contributed by atoms with Crippen molar-refractivity contribution < 1.29 is 27.7 Å². The lowest BCUT2D eigenvalue weighted by atomic mass is 9.82. The summed E-state index contributed by atoms with van der Waals surface area (Å²) in [6, 6.07) is 13.0. The Hall–Kier alpha value is -3.69. The number of carbonyl (C=O) groups is 2. The molecule has 0 saturated heterocycles. The van der Waals surface area contributed by atoms with Crippen molar-refractivity contribution in [2.24, 2.45) is 0 Å². The molecule has 0 heterocycles. The summed E-state index contributed by atoms with van der Waals surface area (Å²) in [5, 5.41) is 12.5. The van der Waals surface area contributed by atoms with E-state index in [0.717, 1.165) is 6.07 Å². The lowest BCUT2D eigenvalue weighted by molar-refractivity contribution is 0.0980. The number of nitrogens with two attached hydrogens (primary N) is 1. The number of phenolic OH excluding ortho intramolecular Hbond substituents is 1. The number of rotatable bonds is 3. The van der Waals surface area contributed by atoms with Crippen molar-refractivity contribution in [3.05, 3.63) is 76.9 Å². The van der Waals surface area contributed by atoms with Gasteiger partial charge in [0.25, 0.3) is 10.1 Å². The number of nitrogen functional groups attached to an aromatic ring is 1. The maximum atomic E-state index is 13.1. The molecule has 0 spiro atoms.